The fourth-order valence-electron chi connectivity index (χ4n) is 3.63. The molecule has 0 bridgehead atoms. The Labute approximate surface area is 166 Å². The van der Waals surface area contributed by atoms with Crippen LogP contribution in [0.1, 0.15) is 38.9 Å². The third-order valence-electron chi connectivity index (χ3n) is 5.29. The number of ether oxygens (including phenoxy) is 1. The predicted molar refractivity (Wildman–Crippen MR) is 107 cm³/mol. The molecule has 1 aliphatic rings. The van der Waals surface area contributed by atoms with Crippen LogP contribution in [0.3, 0.4) is 0 Å². The fourth-order valence-corrected chi connectivity index (χ4v) is 3.63. The highest BCUT2D eigenvalue weighted by Crippen LogP contribution is 2.37. The van der Waals surface area contributed by atoms with E-state index in [4.69, 9.17) is 14.9 Å². The first kappa shape index (κ1) is 18.7. The molecule has 2 N–H and O–H groups in total. The molecule has 1 atom stereocenters. The second-order valence-electron chi connectivity index (χ2n) is 7.25. The van der Waals surface area contributed by atoms with Crippen LogP contribution in [0.4, 0.5) is 0 Å². The van der Waals surface area contributed by atoms with Gasteiger partial charge in [-0.25, -0.2) is 0 Å². The summed E-state index contributed by atoms with van der Waals surface area (Å²) in [7, 11) is 1.64. The lowest BCUT2D eigenvalue weighted by Crippen LogP contribution is -2.25. The normalized spacial score (nSPS) is 15.6. The maximum Gasteiger partial charge on any atom is 0.290 e. The quantitative estimate of drug-likeness (QED) is 0.735. The summed E-state index contributed by atoms with van der Waals surface area (Å²) in [5.74, 6) is -0.362. The average molecular weight is 392 g/mol. The van der Waals surface area contributed by atoms with E-state index in [2.05, 4.69) is 0 Å². The Morgan fingerprint density at radius 2 is 1.79 bits per heavy atom. The number of carbonyl (C=O) groups is 2. The molecule has 148 valence electrons. The number of carbonyl (C=O) groups excluding carboxylic acids is 2. The van der Waals surface area contributed by atoms with Crippen LogP contribution in [0.5, 0.6) is 5.75 Å². The molecule has 1 aliphatic heterocycles. The maximum absolute atomic E-state index is 13.3. The van der Waals surface area contributed by atoms with Gasteiger partial charge >= 0.3 is 0 Å². The highest BCUT2D eigenvalue weighted by molar-refractivity contribution is 5.99. The van der Waals surface area contributed by atoms with Gasteiger partial charge in [-0.15, -0.1) is 0 Å². The number of aryl methyl sites for hydroxylation is 2. The third kappa shape index (κ3) is 3.04. The lowest BCUT2D eigenvalue weighted by atomic mass is 9.97. The molecule has 0 spiro atoms. The molecule has 3 aromatic rings. The van der Waals surface area contributed by atoms with Crippen molar-refractivity contribution in [3.63, 3.8) is 0 Å². The molecular formula is C22H20N2O5. The highest BCUT2D eigenvalue weighted by atomic mass is 16.5. The summed E-state index contributed by atoms with van der Waals surface area (Å²) < 4.78 is 11.1. The first-order valence-corrected chi connectivity index (χ1v) is 9.14. The first-order chi connectivity index (χ1) is 13.8. The van der Waals surface area contributed by atoms with Crippen LogP contribution in [0.25, 0.3) is 11.0 Å². The molecule has 4 rings (SSSR count). The monoisotopic (exact) mass is 392 g/mol. The molecule has 0 radical (unpaired) electrons. The van der Waals surface area contributed by atoms with E-state index in [0.29, 0.717) is 22.3 Å². The predicted octanol–water partition coefficient (Wildman–Crippen LogP) is 2.45. The van der Waals surface area contributed by atoms with Gasteiger partial charge in [0.15, 0.2) is 12.0 Å². The third-order valence-corrected chi connectivity index (χ3v) is 5.29. The number of nitrogens with zero attached hydrogens (tertiary/aromatic N) is 1. The zero-order valence-corrected chi connectivity index (χ0v) is 16.3. The van der Waals surface area contributed by atoms with Gasteiger partial charge in [-0.3, -0.25) is 14.4 Å². The number of hydrogen-bond acceptors (Lipinski definition) is 5. The average Bonchev–Trinajstić information content (AvgIpc) is 2.94. The Hall–Kier alpha value is -3.61. The van der Waals surface area contributed by atoms with E-state index in [1.807, 2.05) is 13.8 Å². The van der Waals surface area contributed by atoms with E-state index in [9.17, 15) is 14.4 Å². The minimum absolute atomic E-state index is 0.0762. The number of amides is 2. The second kappa shape index (κ2) is 6.77. The molecule has 0 saturated heterocycles. The molecule has 7 heteroatoms. The summed E-state index contributed by atoms with van der Waals surface area (Å²) in [6.07, 6.45) is 0. The van der Waals surface area contributed by atoms with E-state index in [1.165, 1.54) is 4.90 Å². The number of primary amides is 1. The van der Waals surface area contributed by atoms with Crippen molar-refractivity contribution in [3.05, 3.63) is 74.6 Å². The Balaban J connectivity index is 1.82. The van der Waals surface area contributed by atoms with Crippen molar-refractivity contribution < 1.29 is 18.7 Å². The topological polar surface area (TPSA) is 103 Å². The standard InChI is InChI=1S/C22H20N2O5/c1-11-8-15-16(9-12(11)2)29-21-18(20(15)26)19(24(3)22(21)27)13-4-6-14(7-5-13)28-10-17(23)25/h4-9,19H,10H2,1-3H3,(H2,23,25). The maximum atomic E-state index is 13.3. The largest absolute Gasteiger partial charge is 0.484 e. The Bertz CT molecular complexity index is 1210. The number of nitrogens with two attached hydrogens (primary N) is 1. The van der Waals surface area contributed by atoms with E-state index < -0.39 is 11.9 Å². The summed E-state index contributed by atoms with van der Waals surface area (Å²) in [5.41, 5.74) is 8.33. The van der Waals surface area contributed by atoms with Gasteiger partial charge in [-0.2, -0.15) is 0 Å². The molecule has 1 unspecified atom stereocenters. The smallest absolute Gasteiger partial charge is 0.290 e. The zero-order chi connectivity index (χ0) is 20.9. The molecule has 0 aliphatic carbocycles. The van der Waals surface area contributed by atoms with Gasteiger partial charge < -0.3 is 19.8 Å². The van der Waals surface area contributed by atoms with Crippen molar-refractivity contribution in [2.24, 2.45) is 5.73 Å². The van der Waals surface area contributed by atoms with Crippen molar-refractivity contribution in [1.82, 2.24) is 4.90 Å². The van der Waals surface area contributed by atoms with Crippen molar-refractivity contribution in [2.45, 2.75) is 19.9 Å². The van der Waals surface area contributed by atoms with Gasteiger partial charge in [0.2, 0.25) is 5.76 Å². The van der Waals surface area contributed by atoms with Gasteiger partial charge in [0.25, 0.3) is 11.8 Å². The number of hydrogen-bond donors (Lipinski definition) is 1. The van der Waals surface area contributed by atoms with Gasteiger partial charge in [0, 0.05) is 7.05 Å². The molecule has 0 saturated carbocycles. The highest BCUT2D eigenvalue weighted by Gasteiger charge is 2.40. The van der Waals surface area contributed by atoms with E-state index in [0.717, 1.165) is 16.7 Å². The van der Waals surface area contributed by atoms with Gasteiger partial charge in [0.1, 0.15) is 11.3 Å². The molecule has 2 aromatic carbocycles. The molecule has 7 nitrogen and oxygen atoms in total. The summed E-state index contributed by atoms with van der Waals surface area (Å²) in [6, 6.07) is 9.88. The van der Waals surface area contributed by atoms with Gasteiger partial charge in [0.05, 0.1) is 17.0 Å². The van der Waals surface area contributed by atoms with E-state index in [1.54, 1.807) is 43.4 Å². The van der Waals surface area contributed by atoms with Crippen LogP contribution < -0.4 is 15.9 Å². The summed E-state index contributed by atoms with van der Waals surface area (Å²) in [6.45, 7) is 3.64. The number of fused-ring (bicyclic) bond motifs is 2. The summed E-state index contributed by atoms with van der Waals surface area (Å²) >= 11 is 0. The zero-order valence-electron chi connectivity index (χ0n) is 16.3. The minimum Gasteiger partial charge on any atom is -0.484 e. The van der Waals surface area contributed by atoms with Crippen molar-refractivity contribution in [3.8, 4) is 5.75 Å². The van der Waals surface area contributed by atoms with Crippen molar-refractivity contribution in [1.29, 1.82) is 0 Å². The number of rotatable bonds is 4. The van der Waals surface area contributed by atoms with Crippen LogP contribution in [0.2, 0.25) is 0 Å². The van der Waals surface area contributed by atoms with Gasteiger partial charge in [-0.05, 0) is 54.8 Å². The number of benzene rings is 2. The van der Waals surface area contributed by atoms with E-state index >= 15 is 0 Å². The second-order valence-corrected chi connectivity index (χ2v) is 7.25. The molecule has 2 heterocycles. The molecular weight excluding hydrogens is 372 g/mol. The molecule has 1 aromatic heterocycles. The van der Waals surface area contributed by atoms with Gasteiger partial charge in [-0.1, -0.05) is 12.1 Å². The first-order valence-electron chi connectivity index (χ1n) is 9.14. The molecule has 29 heavy (non-hydrogen) atoms. The van der Waals surface area contributed by atoms with Crippen LogP contribution >= 0.6 is 0 Å². The van der Waals surface area contributed by atoms with Crippen LogP contribution in [0, 0.1) is 13.8 Å². The van der Waals surface area contributed by atoms with Crippen LogP contribution in [-0.2, 0) is 4.79 Å². The molecule has 0 fully saturated rings. The van der Waals surface area contributed by atoms with Crippen LogP contribution in [0.15, 0.2) is 45.6 Å². The SMILES string of the molecule is Cc1cc2oc3c(c(=O)c2cc1C)C(c1ccc(OCC(N)=O)cc1)N(C)C3=O. The lowest BCUT2D eigenvalue weighted by molar-refractivity contribution is -0.119. The van der Waals surface area contributed by atoms with E-state index in [-0.39, 0.29) is 23.7 Å². The summed E-state index contributed by atoms with van der Waals surface area (Å²) in [5, 5.41) is 0.460. The Kier molecular flexibility index (Phi) is 4.38. The minimum atomic E-state index is -0.570. The lowest BCUT2D eigenvalue weighted by Gasteiger charge is -2.20. The Morgan fingerprint density at radius 3 is 2.45 bits per heavy atom. The summed E-state index contributed by atoms with van der Waals surface area (Å²) in [4.78, 5) is 38.4. The van der Waals surface area contributed by atoms with Crippen molar-refractivity contribution >= 4 is 22.8 Å². The van der Waals surface area contributed by atoms with Crippen LogP contribution in [-0.4, -0.2) is 30.4 Å². The van der Waals surface area contributed by atoms with Crippen molar-refractivity contribution in [2.75, 3.05) is 13.7 Å². The Morgan fingerprint density at radius 1 is 1.14 bits per heavy atom. The molecule has 2 amide bonds. The fraction of sp³-hybridized carbons (Fsp3) is 0.227.